The van der Waals surface area contributed by atoms with Gasteiger partial charge in [0.2, 0.25) is 0 Å². The quantitative estimate of drug-likeness (QED) is 0.732. The van der Waals surface area contributed by atoms with Crippen molar-refractivity contribution in [2.24, 2.45) is 11.3 Å². The van der Waals surface area contributed by atoms with Crippen LogP contribution >= 0.6 is 0 Å². The van der Waals surface area contributed by atoms with Crippen LogP contribution in [0.4, 0.5) is 0 Å². The zero-order chi connectivity index (χ0) is 13.6. The fourth-order valence-corrected chi connectivity index (χ4v) is 3.20. The first kappa shape index (κ1) is 15.9. The Balaban J connectivity index is 2.46. The lowest BCUT2D eigenvalue weighted by Crippen LogP contribution is -2.44. The van der Waals surface area contributed by atoms with Gasteiger partial charge in [-0.2, -0.15) is 0 Å². The molecule has 1 unspecified atom stereocenters. The molecule has 0 aromatic heterocycles. The van der Waals surface area contributed by atoms with Crippen molar-refractivity contribution in [3.05, 3.63) is 0 Å². The predicted octanol–water partition coefficient (Wildman–Crippen LogP) is 2.10. The number of hydrogen-bond donors (Lipinski definition) is 2. The van der Waals surface area contributed by atoms with E-state index in [1.807, 2.05) is 6.92 Å². The highest BCUT2D eigenvalue weighted by Gasteiger charge is 2.34. The molecule has 108 valence electrons. The average Bonchev–Trinajstić information content (AvgIpc) is 2.31. The molecule has 0 bridgehead atoms. The van der Waals surface area contributed by atoms with Crippen molar-refractivity contribution in [2.75, 3.05) is 33.7 Å². The van der Waals surface area contributed by atoms with Gasteiger partial charge in [0.15, 0.2) is 0 Å². The second kappa shape index (κ2) is 7.46. The van der Waals surface area contributed by atoms with E-state index in [9.17, 15) is 5.11 Å². The number of aliphatic hydroxyl groups is 1. The normalized spacial score (nSPS) is 30.7. The van der Waals surface area contributed by atoms with Crippen molar-refractivity contribution in [1.82, 2.24) is 10.2 Å². The Labute approximate surface area is 113 Å². The largest absolute Gasteiger partial charge is 0.393 e. The second-order valence-electron chi connectivity index (χ2n) is 6.59. The summed E-state index contributed by atoms with van der Waals surface area (Å²) >= 11 is 0. The molecule has 2 N–H and O–H groups in total. The van der Waals surface area contributed by atoms with Crippen LogP contribution in [0.2, 0.25) is 0 Å². The minimum absolute atomic E-state index is 0.181. The van der Waals surface area contributed by atoms with E-state index in [2.05, 4.69) is 31.2 Å². The van der Waals surface area contributed by atoms with Gasteiger partial charge in [-0.15, -0.1) is 0 Å². The Kier molecular flexibility index (Phi) is 6.61. The van der Waals surface area contributed by atoms with Gasteiger partial charge in [-0.05, 0) is 51.6 Å². The van der Waals surface area contributed by atoms with E-state index in [-0.39, 0.29) is 6.10 Å². The summed E-state index contributed by atoms with van der Waals surface area (Å²) in [5.41, 5.74) is 0.453. The lowest BCUT2D eigenvalue weighted by Gasteiger charge is -2.42. The van der Waals surface area contributed by atoms with Gasteiger partial charge in [-0.25, -0.2) is 0 Å². The summed E-state index contributed by atoms with van der Waals surface area (Å²) in [7, 11) is 4.26. The highest BCUT2D eigenvalue weighted by atomic mass is 16.3. The minimum atomic E-state index is -0.181. The van der Waals surface area contributed by atoms with Crippen LogP contribution in [0.1, 0.15) is 46.0 Å². The van der Waals surface area contributed by atoms with Gasteiger partial charge in [0.25, 0.3) is 0 Å². The summed E-state index contributed by atoms with van der Waals surface area (Å²) < 4.78 is 0. The van der Waals surface area contributed by atoms with E-state index < -0.39 is 0 Å². The van der Waals surface area contributed by atoms with Crippen LogP contribution in [0.5, 0.6) is 0 Å². The Morgan fingerprint density at radius 1 is 1.39 bits per heavy atom. The topological polar surface area (TPSA) is 35.5 Å². The molecule has 0 heterocycles. The van der Waals surface area contributed by atoms with Crippen LogP contribution in [0.15, 0.2) is 0 Å². The van der Waals surface area contributed by atoms with Crippen LogP contribution in [-0.4, -0.2) is 49.8 Å². The average molecular weight is 256 g/mol. The highest BCUT2D eigenvalue weighted by Crippen LogP contribution is 2.38. The van der Waals surface area contributed by atoms with Crippen LogP contribution in [0.3, 0.4) is 0 Å². The zero-order valence-corrected chi connectivity index (χ0v) is 12.7. The molecule has 1 rings (SSSR count). The molecule has 0 amide bonds. The molecule has 1 aliphatic carbocycles. The van der Waals surface area contributed by atoms with Gasteiger partial charge in [-0.3, -0.25) is 0 Å². The van der Waals surface area contributed by atoms with Crippen molar-refractivity contribution in [2.45, 2.75) is 52.1 Å². The minimum Gasteiger partial charge on any atom is -0.393 e. The third kappa shape index (κ3) is 5.25. The number of nitrogens with one attached hydrogen (secondary N) is 1. The maximum atomic E-state index is 9.37. The van der Waals surface area contributed by atoms with Crippen LogP contribution < -0.4 is 5.32 Å². The molecule has 0 radical (unpaired) electrons. The van der Waals surface area contributed by atoms with Crippen LogP contribution in [0, 0.1) is 11.3 Å². The summed E-state index contributed by atoms with van der Waals surface area (Å²) in [5, 5.41) is 12.8. The molecule has 1 saturated carbocycles. The second-order valence-corrected chi connectivity index (χ2v) is 6.59. The van der Waals surface area contributed by atoms with E-state index in [1.165, 1.54) is 25.7 Å². The van der Waals surface area contributed by atoms with E-state index in [0.717, 1.165) is 32.0 Å². The van der Waals surface area contributed by atoms with E-state index >= 15 is 0 Å². The molecule has 1 aliphatic rings. The molecular formula is C15H32N2O. The molecule has 18 heavy (non-hydrogen) atoms. The molecule has 1 atom stereocenters. The Morgan fingerprint density at radius 3 is 2.50 bits per heavy atom. The van der Waals surface area contributed by atoms with Crippen molar-refractivity contribution in [1.29, 1.82) is 0 Å². The Hall–Kier alpha value is -0.120. The lowest BCUT2D eigenvalue weighted by atomic mass is 9.70. The van der Waals surface area contributed by atoms with Crippen LogP contribution in [-0.2, 0) is 0 Å². The summed E-state index contributed by atoms with van der Waals surface area (Å²) in [6.07, 6.45) is 6.11. The monoisotopic (exact) mass is 256 g/mol. The molecule has 0 spiro atoms. The third-order valence-corrected chi connectivity index (χ3v) is 4.42. The SMILES string of the molecule is CNCC1(CN(C)CCC(C)O)CCC(C)CC1. The first-order valence-corrected chi connectivity index (χ1v) is 7.49. The molecule has 0 aromatic carbocycles. The van der Waals surface area contributed by atoms with Gasteiger partial charge >= 0.3 is 0 Å². The van der Waals surface area contributed by atoms with Crippen molar-refractivity contribution >= 4 is 0 Å². The molecule has 0 aromatic rings. The molecule has 3 nitrogen and oxygen atoms in total. The number of rotatable bonds is 7. The van der Waals surface area contributed by atoms with Crippen molar-refractivity contribution in [3.8, 4) is 0 Å². The van der Waals surface area contributed by atoms with Gasteiger partial charge in [0.1, 0.15) is 0 Å². The summed E-state index contributed by atoms with van der Waals surface area (Å²) in [4.78, 5) is 2.40. The Bertz CT molecular complexity index is 223. The van der Waals surface area contributed by atoms with E-state index in [1.54, 1.807) is 0 Å². The molecular weight excluding hydrogens is 224 g/mol. The smallest absolute Gasteiger partial charge is 0.0524 e. The first-order chi connectivity index (χ1) is 8.47. The number of nitrogens with zero attached hydrogens (tertiary/aromatic N) is 1. The molecule has 3 heteroatoms. The maximum absolute atomic E-state index is 9.37. The summed E-state index contributed by atoms with van der Waals surface area (Å²) in [6, 6.07) is 0. The fourth-order valence-electron chi connectivity index (χ4n) is 3.20. The molecule has 0 aliphatic heterocycles. The predicted molar refractivity (Wildman–Crippen MR) is 77.8 cm³/mol. The summed E-state index contributed by atoms with van der Waals surface area (Å²) in [5.74, 6) is 0.901. The molecule has 1 fully saturated rings. The van der Waals surface area contributed by atoms with Gasteiger partial charge in [0, 0.05) is 19.6 Å². The van der Waals surface area contributed by atoms with Crippen molar-refractivity contribution < 1.29 is 5.11 Å². The van der Waals surface area contributed by atoms with Crippen molar-refractivity contribution in [3.63, 3.8) is 0 Å². The Morgan fingerprint density at radius 2 is 2.00 bits per heavy atom. The maximum Gasteiger partial charge on any atom is 0.0524 e. The zero-order valence-electron chi connectivity index (χ0n) is 12.7. The standard InChI is InChI=1S/C15H32N2O/c1-13-5-8-15(9-6-13,11-16-3)12-17(4)10-7-14(2)18/h13-14,16,18H,5-12H2,1-4H3. The lowest BCUT2D eigenvalue weighted by molar-refractivity contribution is 0.0902. The molecule has 0 saturated heterocycles. The van der Waals surface area contributed by atoms with E-state index in [0.29, 0.717) is 5.41 Å². The fraction of sp³-hybridized carbons (Fsp3) is 1.00. The van der Waals surface area contributed by atoms with Gasteiger partial charge in [0.05, 0.1) is 6.10 Å². The first-order valence-electron chi connectivity index (χ1n) is 7.49. The summed E-state index contributed by atoms with van der Waals surface area (Å²) in [6.45, 7) is 7.53. The third-order valence-electron chi connectivity index (χ3n) is 4.42. The number of aliphatic hydroxyl groups excluding tert-OH is 1. The van der Waals surface area contributed by atoms with Crippen LogP contribution in [0.25, 0.3) is 0 Å². The van der Waals surface area contributed by atoms with E-state index in [4.69, 9.17) is 0 Å². The number of hydrogen-bond acceptors (Lipinski definition) is 3. The van der Waals surface area contributed by atoms with Gasteiger partial charge in [-0.1, -0.05) is 19.8 Å². The highest BCUT2D eigenvalue weighted by molar-refractivity contribution is 4.88. The van der Waals surface area contributed by atoms with Gasteiger partial charge < -0.3 is 15.3 Å².